The summed E-state index contributed by atoms with van der Waals surface area (Å²) in [6.07, 6.45) is 0. The molecule has 0 heterocycles. The average molecular weight is 288 g/mol. The van der Waals surface area contributed by atoms with Gasteiger partial charge < -0.3 is 15.8 Å². The highest BCUT2D eigenvalue weighted by Crippen LogP contribution is 2.25. The van der Waals surface area contributed by atoms with E-state index in [1.165, 1.54) is 19.1 Å². The van der Waals surface area contributed by atoms with Gasteiger partial charge in [-0.1, -0.05) is 18.2 Å². The second-order valence-electron chi connectivity index (χ2n) is 4.58. The second-order valence-corrected chi connectivity index (χ2v) is 4.58. The van der Waals surface area contributed by atoms with Gasteiger partial charge in [-0.25, -0.2) is 4.39 Å². The number of carbonyl (C=O) groups excluding carboxylic acids is 1. The third-order valence-electron chi connectivity index (χ3n) is 2.97. The van der Waals surface area contributed by atoms with Crippen LogP contribution in [-0.2, 0) is 17.9 Å². The fraction of sp³-hybridized carbons (Fsp3) is 0.188. The molecule has 2 aromatic carbocycles. The molecule has 0 aliphatic rings. The number of hydrogen-bond donors (Lipinski definition) is 2. The maximum absolute atomic E-state index is 13.3. The van der Waals surface area contributed by atoms with Gasteiger partial charge >= 0.3 is 0 Å². The summed E-state index contributed by atoms with van der Waals surface area (Å²) >= 11 is 0. The van der Waals surface area contributed by atoms with E-state index in [0.717, 1.165) is 5.56 Å². The van der Waals surface area contributed by atoms with Gasteiger partial charge in [-0.05, 0) is 35.4 Å². The molecule has 3 N–H and O–H groups in total. The van der Waals surface area contributed by atoms with E-state index in [4.69, 9.17) is 10.5 Å². The standard InChI is InChI=1S/C16H17FN2O2/c1-11(20)19-15-4-2-3-5-16(15)21-10-13-8-14(17)7-6-12(13)9-18/h2-8H,9-10,18H2,1H3,(H,19,20). The van der Waals surface area contributed by atoms with Crippen LogP contribution in [0.15, 0.2) is 42.5 Å². The van der Waals surface area contributed by atoms with E-state index >= 15 is 0 Å². The summed E-state index contributed by atoms with van der Waals surface area (Å²) < 4.78 is 19.0. The first-order valence-corrected chi connectivity index (χ1v) is 6.57. The number of amides is 1. The molecule has 0 unspecified atom stereocenters. The van der Waals surface area contributed by atoms with Crippen LogP contribution < -0.4 is 15.8 Å². The Morgan fingerprint density at radius 3 is 2.71 bits per heavy atom. The number of nitrogens with one attached hydrogen (secondary N) is 1. The summed E-state index contributed by atoms with van der Waals surface area (Å²) in [6.45, 7) is 1.92. The van der Waals surface area contributed by atoms with Gasteiger partial charge in [0.25, 0.3) is 0 Å². The highest BCUT2D eigenvalue weighted by Gasteiger charge is 2.07. The topological polar surface area (TPSA) is 64.3 Å². The van der Waals surface area contributed by atoms with Crippen LogP contribution in [0, 0.1) is 5.82 Å². The minimum atomic E-state index is -0.332. The van der Waals surface area contributed by atoms with Crippen molar-refractivity contribution in [2.75, 3.05) is 5.32 Å². The molecule has 2 rings (SSSR count). The fourth-order valence-corrected chi connectivity index (χ4v) is 1.97. The maximum Gasteiger partial charge on any atom is 0.221 e. The van der Waals surface area contributed by atoms with Crippen molar-refractivity contribution in [3.63, 3.8) is 0 Å². The lowest BCUT2D eigenvalue weighted by atomic mass is 10.1. The molecule has 0 aliphatic heterocycles. The molecule has 0 atom stereocenters. The highest BCUT2D eigenvalue weighted by molar-refractivity contribution is 5.90. The Balaban J connectivity index is 2.17. The number of hydrogen-bond acceptors (Lipinski definition) is 3. The Morgan fingerprint density at radius 1 is 1.24 bits per heavy atom. The van der Waals surface area contributed by atoms with E-state index in [2.05, 4.69) is 5.32 Å². The molecule has 21 heavy (non-hydrogen) atoms. The van der Waals surface area contributed by atoms with Crippen molar-refractivity contribution in [1.29, 1.82) is 0 Å². The molecule has 0 aromatic heterocycles. The first-order valence-electron chi connectivity index (χ1n) is 6.57. The molecular weight excluding hydrogens is 271 g/mol. The van der Waals surface area contributed by atoms with Crippen molar-refractivity contribution in [2.24, 2.45) is 5.73 Å². The molecule has 0 radical (unpaired) electrons. The second kappa shape index (κ2) is 6.85. The van der Waals surface area contributed by atoms with Crippen LogP contribution in [0.25, 0.3) is 0 Å². The average Bonchev–Trinajstić information content (AvgIpc) is 2.46. The quantitative estimate of drug-likeness (QED) is 0.889. The van der Waals surface area contributed by atoms with Crippen molar-refractivity contribution < 1.29 is 13.9 Å². The molecule has 0 saturated heterocycles. The molecule has 0 spiro atoms. The van der Waals surface area contributed by atoms with Gasteiger partial charge in [0.2, 0.25) is 5.91 Å². The first kappa shape index (κ1) is 15.0. The van der Waals surface area contributed by atoms with E-state index in [9.17, 15) is 9.18 Å². The lowest BCUT2D eigenvalue weighted by Gasteiger charge is -2.13. The molecule has 0 saturated carbocycles. The first-order chi connectivity index (χ1) is 10.1. The normalized spacial score (nSPS) is 10.2. The molecule has 110 valence electrons. The summed E-state index contributed by atoms with van der Waals surface area (Å²) in [4.78, 5) is 11.2. The highest BCUT2D eigenvalue weighted by atomic mass is 19.1. The van der Waals surface area contributed by atoms with Gasteiger partial charge in [0.1, 0.15) is 18.2 Å². The minimum absolute atomic E-state index is 0.181. The number of anilines is 1. The van der Waals surface area contributed by atoms with Crippen LogP contribution in [0.4, 0.5) is 10.1 Å². The molecule has 1 amide bonds. The number of para-hydroxylation sites is 2. The van der Waals surface area contributed by atoms with Gasteiger partial charge in [-0.15, -0.1) is 0 Å². The van der Waals surface area contributed by atoms with E-state index < -0.39 is 0 Å². The van der Waals surface area contributed by atoms with Gasteiger partial charge in [0, 0.05) is 13.5 Å². The third kappa shape index (κ3) is 4.03. The van der Waals surface area contributed by atoms with E-state index in [-0.39, 0.29) is 18.3 Å². The summed E-state index contributed by atoms with van der Waals surface area (Å²) in [7, 11) is 0. The van der Waals surface area contributed by atoms with Gasteiger partial charge in [0.15, 0.2) is 0 Å². The number of carbonyl (C=O) groups is 1. The fourth-order valence-electron chi connectivity index (χ4n) is 1.97. The van der Waals surface area contributed by atoms with E-state index in [0.29, 0.717) is 23.5 Å². The summed E-state index contributed by atoms with van der Waals surface area (Å²) in [5.41, 5.74) is 7.73. The Morgan fingerprint density at radius 2 is 2.00 bits per heavy atom. The Bertz CT molecular complexity index is 644. The van der Waals surface area contributed by atoms with Gasteiger partial charge in [-0.2, -0.15) is 0 Å². The third-order valence-corrected chi connectivity index (χ3v) is 2.97. The van der Waals surface area contributed by atoms with Crippen molar-refractivity contribution >= 4 is 11.6 Å². The maximum atomic E-state index is 13.3. The predicted octanol–water partition coefficient (Wildman–Crippen LogP) is 2.82. The Kier molecular flexibility index (Phi) is 4.90. The van der Waals surface area contributed by atoms with Crippen molar-refractivity contribution in [2.45, 2.75) is 20.1 Å². The van der Waals surface area contributed by atoms with Crippen LogP contribution in [-0.4, -0.2) is 5.91 Å². The lowest BCUT2D eigenvalue weighted by molar-refractivity contribution is -0.114. The van der Waals surface area contributed by atoms with E-state index in [1.807, 2.05) is 0 Å². The molecule has 0 fully saturated rings. The smallest absolute Gasteiger partial charge is 0.221 e. The SMILES string of the molecule is CC(=O)Nc1ccccc1OCc1cc(F)ccc1CN. The van der Waals surface area contributed by atoms with Crippen LogP contribution >= 0.6 is 0 Å². The predicted molar refractivity (Wildman–Crippen MR) is 79.4 cm³/mol. The van der Waals surface area contributed by atoms with Crippen molar-refractivity contribution in [1.82, 2.24) is 0 Å². The summed E-state index contributed by atoms with van der Waals surface area (Å²) in [5.74, 6) is 0.0142. The number of ether oxygens (including phenoxy) is 1. The van der Waals surface area contributed by atoms with E-state index in [1.54, 1.807) is 30.3 Å². The van der Waals surface area contributed by atoms with Crippen LogP contribution in [0.3, 0.4) is 0 Å². The molecule has 0 aliphatic carbocycles. The zero-order valence-electron chi connectivity index (χ0n) is 11.7. The van der Waals surface area contributed by atoms with Gasteiger partial charge in [0.05, 0.1) is 5.69 Å². The number of rotatable bonds is 5. The molecular formula is C16H17FN2O2. The van der Waals surface area contributed by atoms with Crippen LogP contribution in [0.1, 0.15) is 18.1 Å². The van der Waals surface area contributed by atoms with Crippen LogP contribution in [0.2, 0.25) is 0 Å². The Hall–Kier alpha value is -2.40. The van der Waals surface area contributed by atoms with Crippen LogP contribution in [0.5, 0.6) is 5.75 Å². The number of benzene rings is 2. The Labute approximate surface area is 122 Å². The minimum Gasteiger partial charge on any atom is -0.487 e. The van der Waals surface area contributed by atoms with Crippen molar-refractivity contribution in [3.05, 3.63) is 59.4 Å². The largest absolute Gasteiger partial charge is 0.487 e. The zero-order valence-corrected chi connectivity index (χ0v) is 11.7. The molecule has 4 nitrogen and oxygen atoms in total. The van der Waals surface area contributed by atoms with Crippen molar-refractivity contribution in [3.8, 4) is 5.75 Å². The molecule has 2 aromatic rings. The lowest BCUT2D eigenvalue weighted by Crippen LogP contribution is -2.09. The summed E-state index contributed by atoms with van der Waals surface area (Å²) in [5, 5.41) is 2.69. The number of nitrogens with two attached hydrogens (primary N) is 1. The zero-order chi connectivity index (χ0) is 15.2. The number of halogens is 1. The molecule has 5 heteroatoms. The summed E-state index contributed by atoms with van der Waals surface area (Å²) in [6, 6.07) is 11.5. The van der Waals surface area contributed by atoms with Gasteiger partial charge in [-0.3, -0.25) is 4.79 Å². The monoisotopic (exact) mass is 288 g/mol. The molecule has 0 bridgehead atoms.